The van der Waals surface area contributed by atoms with E-state index in [1.165, 1.54) is 0 Å². The molecule has 4 heavy (non-hydrogen) atoms. The van der Waals surface area contributed by atoms with Crippen LogP contribution >= 0.6 is 0 Å². The van der Waals surface area contributed by atoms with Crippen molar-refractivity contribution in [2.45, 2.75) is 0 Å². The Labute approximate surface area is 35.9 Å². The van der Waals surface area contributed by atoms with E-state index in [2.05, 4.69) is 0 Å². The molecule has 0 heterocycles. The molecule has 0 saturated carbocycles. The van der Waals surface area contributed by atoms with Gasteiger partial charge in [-0.05, 0) is 0 Å². The van der Waals surface area contributed by atoms with Crippen molar-refractivity contribution in [3.8, 4) is 0 Å². The van der Waals surface area contributed by atoms with Gasteiger partial charge in [0.05, 0.1) is 0 Å². The average molecular weight is 108 g/mol. The van der Waals surface area contributed by atoms with Crippen LogP contribution in [0.2, 0.25) is 0 Å². The minimum atomic E-state index is 0. The van der Waals surface area contributed by atoms with Gasteiger partial charge in [0.1, 0.15) is 0 Å². The maximum Gasteiger partial charge on any atom is 0 e. The Morgan fingerprint density at radius 3 is 1.25 bits per heavy atom. The summed E-state index contributed by atoms with van der Waals surface area (Å²) in [4.78, 5) is 0. The maximum absolute atomic E-state index is 6.25. The van der Waals surface area contributed by atoms with Crippen molar-refractivity contribution in [1.29, 1.82) is 5.26 Å². The minimum absolute atomic E-state index is 0. The van der Waals surface area contributed by atoms with Crippen LogP contribution < -0.4 is 6.15 Å². The van der Waals surface area contributed by atoms with E-state index in [1.807, 2.05) is 0 Å². The molecular weight excluding hydrogens is 104 g/mol. The van der Waals surface area contributed by atoms with Crippen molar-refractivity contribution in [2.24, 2.45) is 0 Å². The average Bonchev–Trinajstić information content (AvgIpc) is 1.00. The predicted octanol–water partition coefficient (Wildman–Crippen LogP) is 0.470. The second-order valence-corrected chi connectivity index (χ2v) is 0. The molecule has 0 saturated heterocycles. The molecule has 0 aromatic rings. The van der Waals surface area contributed by atoms with Crippen molar-refractivity contribution < 1.29 is 17.1 Å². The summed E-state index contributed by atoms with van der Waals surface area (Å²) in [5, 5.41) is 6.25. The van der Waals surface area contributed by atoms with Crippen LogP contribution in [0.3, 0.4) is 0 Å². The summed E-state index contributed by atoms with van der Waals surface area (Å²) in [7, 11) is 0. The fourth-order valence-corrected chi connectivity index (χ4v) is 0. The first kappa shape index (κ1) is 37.2. The molecule has 0 aliphatic carbocycles. The molecule has 0 aromatic carbocycles. The third kappa shape index (κ3) is 1990. The molecule has 4 N–H and O–H groups in total. The Balaban J connectivity index is -0.00000000500. The van der Waals surface area contributed by atoms with E-state index >= 15 is 0 Å². The van der Waals surface area contributed by atoms with Crippen LogP contribution in [0, 0.1) is 11.8 Å². The largest absolute Gasteiger partial charge is 0.512 e. The minimum Gasteiger partial charge on any atom is -0.512 e. The number of rotatable bonds is 0. The van der Waals surface area contributed by atoms with Crippen molar-refractivity contribution in [3.63, 3.8) is 0 Å². The quantitative estimate of drug-likeness (QED) is 0.355. The Bertz CT molecular complexity index is 10.8. The van der Waals surface area contributed by atoms with Crippen LogP contribution in [0.1, 0.15) is 0 Å². The molecule has 0 rings (SSSR count). The fourth-order valence-electron chi connectivity index (χ4n) is 0. The van der Waals surface area contributed by atoms with Gasteiger partial charge < -0.3 is 18.0 Å². The summed E-state index contributed by atoms with van der Waals surface area (Å²) in [6.07, 6.45) is 0. The van der Waals surface area contributed by atoms with Crippen LogP contribution in [0.25, 0.3) is 0 Å². The van der Waals surface area contributed by atoms with Gasteiger partial charge in [0.2, 0.25) is 0 Å². The SMILES string of the molecule is [C-]#N.[Cu].[NH4+]. The summed E-state index contributed by atoms with van der Waals surface area (Å²) in [5.74, 6) is 0. The predicted molar refractivity (Wildman–Crippen MR) is 11.0 cm³/mol. The number of hydrogen-bond acceptors (Lipinski definition) is 1. The molecule has 0 unspecified atom stereocenters. The number of quaternary nitrogens is 1. The summed E-state index contributed by atoms with van der Waals surface area (Å²) in [5.41, 5.74) is 0. The zero-order valence-electron chi connectivity index (χ0n) is 2.25. The van der Waals surface area contributed by atoms with Gasteiger partial charge in [-0.25, -0.2) is 0 Å². The molecule has 0 amide bonds. The topological polar surface area (TPSA) is 60.3 Å². The van der Waals surface area contributed by atoms with Gasteiger partial charge in [-0.15, -0.1) is 0 Å². The van der Waals surface area contributed by atoms with Gasteiger partial charge >= 0.3 is 0 Å². The monoisotopic (exact) mass is 107 g/mol. The van der Waals surface area contributed by atoms with Crippen molar-refractivity contribution >= 4 is 0 Å². The van der Waals surface area contributed by atoms with Gasteiger partial charge in [0, 0.05) is 17.1 Å². The molecule has 1 radical (unpaired) electrons. The second-order valence-electron chi connectivity index (χ2n) is 0. The third-order valence-electron chi connectivity index (χ3n) is 0. The third-order valence-corrected chi connectivity index (χ3v) is 0. The van der Waals surface area contributed by atoms with E-state index in [4.69, 9.17) is 11.8 Å². The van der Waals surface area contributed by atoms with Crippen molar-refractivity contribution in [1.82, 2.24) is 6.15 Å². The maximum atomic E-state index is 6.25. The van der Waals surface area contributed by atoms with E-state index < -0.39 is 0 Å². The second kappa shape index (κ2) is 12400. The number of nitrogens with zero attached hydrogens (tertiary/aromatic N) is 1. The summed E-state index contributed by atoms with van der Waals surface area (Å²) < 4.78 is 0. The van der Waals surface area contributed by atoms with Gasteiger partial charge in [-0.3, -0.25) is 0 Å². The van der Waals surface area contributed by atoms with Crippen molar-refractivity contribution in [2.75, 3.05) is 0 Å². The molecule has 3 heteroatoms. The first-order chi connectivity index (χ1) is 1.00. The summed E-state index contributed by atoms with van der Waals surface area (Å²) in [6.45, 7) is 4.75. The first-order valence-corrected chi connectivity index (χ1v) is 0.224. The van der Waals surface area contributed by atoms with Crippen LogP contribution in [0.15, 0.2) is 0 Å². The smallest absolute Gasteiger partial charge is 0 e. The van der Waals surface area contributed by atoms with Crippen molar-refractivity contribution in [3.05, 3.63) is 6.57 Å². The summed E-state index contributed by atoms with van der Waals surface area (Å²) in [6, 6.07) is 0. The Morgan fingerprint density at radius 2 is 1.25 bits per heavy atom. The molecule has 29 valence electrons. The summed E-state index contributed by atoms with van der Waals surface area (Å²) >= 11 is 0. The molecule has 2 nitrogen and oxygen atoms in total. The fraction of sp³-hybridized carbons (Fsp3) is 0. The molecule has 0 aromatic heterocycles. The van der Waals surface area contributed by atoms with Gasteiger partial charge in [-0.1, -0.05) is 0 Å². The zero-order valence-corrected chi connectivity index (χ0v) is 3.19. The normalized spacial score (nSPS) is 0.500. The zero-order chi connectivity index (χ0) is 2.00. The van der Waals surface area contributed by atoms with Crippen LogP contribution in [-0.2, 0) is 17.1 Å². The van der Waals surface area contributed by atoms with Crippen LogP contribution in [0.5, 0.6) is 0 Å². The van der Waals surface area contributed by atoms with E-state index in [-0.39, 0.29) is 23.2 Å². The first-order valence-electron chi connectivity index (χ1n) is 0.224. The molecule has 0 spiro atoms. The van der Waals surface area contributed by atoms with E-state index in [1.54, 1.807) is 0 Å². The van der Waals surface area contributed by atoms with Gasteiger partial charge in [0.25, 0.3) is 0 Å². The molecule has 0 atom stereocenters. The molecule has 0 aliphatic heterocycles. The van der Waals surface area contributed by atoms with Crippen LogP contribution in [0.4, 0.5) is 0 Å². The Kier molecular flexibility index (Phi) is 115000. The number of hydrogen-bond donors (Lipinski definition) is 1. The van der Waals surface area contributed by atoms with Gasteiger partial charge in [-0.2, -0.15) is 0 Å². The molecule has 0 bridgehead atoms. The van der Waals surface area contributed by atoms with Gasteiger partial charge in [0.15, 0.2) is 0 Å². The Morgan fingerprint density at radius 1 is 1.25 bits per heavy atom. The standard InChI is InChI=1S/CN.Cu.H3N/c1-2;;/h;;1H3/q-1;;/p+1. The molecule has 0 fully saturated rings. The van der Waals surface area contributed by atoms with E-state index in [0.717, 1.165) is 0 Å². The Hall–Kier alpha value is -0.0305. The van der Waals surface area contributed by atoms with E-state index in [0.29, 0.717) is 0 Å². The molecular formula is CH4CuN2. The molecule has 0 aliphatic rings. The van der Waals surface area contributed by atoms with E-state index in [9.17, 15) is 0 Å². The van der Waals surface area contributed by atoms with Crippen LogP contribution in [-0.4, -0.2) is 0 Å².